The topological polar surface area (TPSA) is 38.8 Å². The number of rotatable bonds is 4. The summed E-state index contributed by atoms with van der Waals surface area (Å²) in [6.07, 6.45) is 3.66. The van der Waals surface area contributed by atoms with E-state index in [1.807, 2.05) is 27.7 Å². The lowest BCUT2D eigenvalue weighted by Gasteiger charge is -2.36. The molecule has 0 unspecified atom stereocenters. The molecule has 0 aliphatic carbocycles. The molecule has 110 valence electrons. The van der Waals surface area contributed by atoms with Crippen molar-refractivity contribution in [3.05, 3.63) is 11.6 Å². The number of ether oxygens (including phenoxy) is 2. The van der Waals surface area contributed by atoms with E-state index < -0.39 is 5.72 Å². The summed E-state index contributed by atoms with van der Waals surface area (Å²) in [4.78, 5) is 13.9. The van der Waals surface area contributed by atoms with E-state index in [1.165, 1.54) is 5.57 Å². The summed E-state index contributed by atoms with van der Waals surface area (Å²) in [7, 11) is 0. The van der Waals surface area contributed by atoms with Gasteiger partial charge in [-0.3, -0.25) is 4.90 Å². The quantitative estimate of drug-likeness (QED) is 0.577. The molecule has 4 heteroatoms. The first-order valence-corrected chi connectivity index (χ1v) is 6.91. The minimum absolute atomic E-state index is 0.287. The van der Waals surface area contributed by atoms with Gasteiger partial charge in [0, 0.05) is 0 Å². The summed E-state index contributed by atoms with van der Waals surface area (Å²) < 4.78 is 11.0. The van der Waals surface area contributed by atoms with Gasteiger partial charge in [0.1, 0.15) is 5.72 Å². The molecule has 1 fully saturated rings. The van der Waals surface area contributed by atoms with Gasteiger partial charge in [0.15, 0.2) is 0 Å². The summed E-state index contributed by atoms with van der Waals surface area (Å²) in [5.41, 5.74) is 0.377. The fourth-order valence-electron chi connectivity index (χ4n) is 2.38. The van der Waals surface area contributed by atoms with Gasteiger partial charge in [0.25, 0.3) is 0 Å². The summed E-state index contributed by atoms with van der Waals surface area (Å²) in [5.74, 6) is 0. The largest absolute Gasteiger partial charge is 0.449 e. The zero-order valence-corrected chi connectivity index (χ0v) is 13.1. The highest BCUT2D eigenvalue weighted by Crippen LogP contribution is 2.34. The average molecular weight is 269 g/mol. The smallest absolute Gasteiger partial charge is 0.412 e. The van der Waals surface area contributed by atoms with Gasteiger partial charge < -0.3 is 9.47 Å². The molecule has 0 N–H and O–H groups in total. The normalized spacial score (nSPS) is 20.2. The van der Waals surface area contributed by atoms with Crippen LogP contribution in [0.4, 0.5) is 4.79 Å². The number of carbonyl (C=O) groups is 1. The van der Waals surface area contributed by atoms with Crippen LogP contribution >= 0.6 is 0 Å². The number of hydrogen-bond donors (Lipinski definition) is 0. The maximum absolute atomic E-state index is 12.2. The van der Waals surface area contributed by atoms with Gasteiger partial charge in [-0.2, -0.15) is 0 Å². The molecule has 0 saturated carbocycles. The van der Waals surface area contributed by atoms with Crippen LogP contribution in [0.3, 0.4) is 0 Å². The van der Waals surface area contributed by atoms with Crippen LogP contribution < -0.4 is 0 Å². The predicted molar refractivity (Wildman–Crippen MR) is 76.0 cm³/mol. The summed E-state index contributed by atoms with van der Waals surface area (Å²) >= 11 is 0. The van der Waals surface area contributed by atoms with Crippen molar-refractivity contribution in [1.29, 1.82) is 0 Å². The van der Waals surface area contributed by atoms with Gasteiger partial charge >= 0.3 is 6.09 Å². The van der Waals surface area contributed by atoms with E-state index in [0.29, 0.717) is 13.2 Å². The van der Waals surface area contributed by atoms with Crippen molar-refractivity contribution in [2.45, 2.75) is 65.6 Å². The van der Waals surface area contributed by atoms with E-state index in [4.69, 9.17) is 9.47 Å². The monoisotopic (exact) mass is 269 g/mol. The number of nitrogens with zero attached hydrogens (tertiary/aromatic N) is 1. The second-order valence-corrected chi connectivity index (χ2v) is 6.42. The Balaban J connectivity index is 2.47. The Labute approximate surface area is 116 Å². The zero-order valence-electron chi connectivity index (χ0n) is 13.1. The first-order valence-electron chi connectivity index (χ1n) is 6.91. The molecule has 1 heterocycles. The van der Waals surface area contributed by atoms with Crippen molar-refractivity contribution in [3.8, 4) is 0 Å². The molecule has 19 heavy (non-hydrogen) atoms. The van der Waals surface area contributed by atoms with Crippen molar-refractivity contribution >= 4 is 6.09 Å². The molecule has 0 atom stereocenters. The second-order valence-electron chi connectivity index (χ2n) is 6.42. The lowest BCUT2D eigenvalue weighted by atomic mass is 10.0. The number of hydrogen-bond acceptors (Lipinski definition) is 3. The van der Waals surface area contributed by atoms with E-state index in [2.05, 4.69) is 19.9 Å². The molecule has 1 amide bonds. The Morgan fingerprint density at radius 1 is 1.32 bits per heavy atom. The maximum atomic E-state index is 12.2. The molecule has 1 rings (SSSR count). The molecule has 0 aromatic carbocycles. The minimum atomic E-state index is -0.597. The van der Waals surface area contributed by atoms with E-state index in [-0.39, 0.29) is 11.6 Å². The second kappa shape index (κ2) is 5.95. The fourth-order valence-corrected chi connectivity index (χ4v) is 2.38. The third-order valence-electron chi connectivity index (χ3n) is 3.23. The molecular weight excluding hydrogens is 242 g/mol. The van der Waals surface area contributed by atoms with Crippen molar-refractivity contribution in [2.24, 2.45) is 0 Å². The Morgan fingerprint density at radius 3 is 2.42 bits per heavy atom. The molecule has 1 aliphatic rings. The molecule has 1 aliphatic heterocycles. The van der Waals surface area contributed by atoms with E-state index >= 15 is 0 Å². The molecule has 0 radical (unpaired) electrons. The van der Waals surface area contributed by atoms with E-state index in [9.17, 15) is 4.79 Å². The first kappa shape index (κ1) is 16.0. The van der Waals surface area contributed by atoms with E-state index in [0.717, 1.165) is 12.8 Å². The Bertz CT molecular complexity index is 338. The van der Waals surface area contributed by atoms with Gasteiger partial charge in [0.05, 0.1) is 18.8 Å². The van der Waals surface area contributed by atoms with Crippen molar-refractivity contribution in [3.63, 3.8) is 0 Å². The van der Waals surface area contributed by atoms with Crippen LogP contribution in [0.25, 0.3) is 0 Å². The summed E-state index contributed by atoms with van der Waals surface area (Å²) in [6, 6.07) is 0. The highest BCUT2D eigenvalue weighted by Gasteiger charge is 2.49. The third-order valence-corrected chi connectivity index (χ3v) is 3.23. The van der Waals surface area contributed by atoms with E-state index in [1.54, 1.807) is 4.90 Å². The highest BCUT2D eigenvalue weighted by molar-refractivity contribution is 5.69. The van der Waals surface area contributed by atoms with Crippen LogP contribution in [-0.4, -0.2) is 35.5 Å². The lowest BCUT2D eigenvalue weighted by Crippen LogP contribution is -2.52. The lowest BCUT2D eigenvalue weighted by molar-refractivity contribution is -0.0518. The van der Waals surface area contributed by atoms with Crippen LogP contribution in [0.15, 0.2) is 11.6 Å². The van der Waals surface area contributed by atoms with Gasteiger partial charge in [0.2, 0.25) is 0 Å². The molecule has 0 aromatic heterocycles. The Hall–Kier alpha value is -1.03. The molecule has 0 spiro atoms. The van der Waals surface area contributed by atoms with Crippen LogP contribution in [0.2, 0.25) is 0 Å². The minimum Gasteiger partial charge on any atom is -0.449 e. The standard InChI is InChI=1S/C15H27NO3/c1-12(2)9-7-8-10-18-13(17)16-14(3,4)11-19-15(16,5)6/h9H,7-8,10-11H2,1-6H3. The number of allylic oxidation sites excluding steroid dienone is 2. The number of amides is 1. The first-order chi connectivity index (χ1) is 8.67. The van der Waals surface area contributed by atoms with Crippen LogP contribution in [-0.2, 0) is 9.47 Å². The fraction of sp³-hybridized carbons (Fsp3) is 0.800. The van der Waals surface area contributed by atoms with Crippen molar-refractivity contribution in [2.75, 3.05) is 13.2 Å². The molecule has 0 bridgehead atoms. The Kier molecular flexibility index (Phi) is 5.02. The summed E-state index contributed by atoms with van der Waals surface area (Å²) in [5, 5.41) is 0. The van der Waals surface area contributed by atoms with Gasteiger partial charge in [-0.25, -0.2) is 4.79 Å². The molecule has 4 nitrogen and oxygen atoms in total. The predicted octanol–water partition coefficient (Wildman–Crippen LogP) is 3.72. The van der Waals surface area contributed by atoms with Gasteiger partial charge in [-0.05, 0) is 54.4 Å². The maximum Gasteiger partial charge on any atom is 0.412 e. The number of carbonyl (C=O) groups excluding carboxylic acids is 1. The Morgan fingerprint density at radius 2 is 1.95 bits per heavy atom. The molecule has 0 aromatic rings. The number of unbranched alkanes of at least 4 members (excludes halogenated alkanes) is 1. The molecular formula is C15H27NO3. The summed E-state index contributed by atoms with van der Waals surface area (Å²) in [6.45, 7) is 12.9. The SMILES string of the molecule is CC(C)=CCCCOC(=O)N1C(C)(C)COC1(C)C. The molecule has 1 saturated heterocycles. The van der Waals surface area contributed by atoms with Gasteiger partial charge in [-0.15, -0.1) is 0 Å². The zero-order chi connectivity index (χ0) is 14.7. The average Bonchev–Trinajstić information content (AvgIpc) is 2.47. The van der Waals surface area contributed by atoms with Crippen LogP contribution in [0.5, 0.6) is 0 Å². The van der Waals surface area contributed by atoms with Crippen molar-refractivity contribution in [1.82, 2.24) is 4.90 Å². The third kappa shape index (κ3) is 4.23. The highest BCUT2D eigenvalue weighted by atomic mass is 16.6. The van der Waals surface area contributed by atoms with Crippen molar-refractivity contribution < 1.29 is 14.3 Å². The van der Waals surface area contributed by atoms with Crippen LogP contribution in [0.1, 0.15) is 54.4 Å². The van der Waals surface area contributed by atoms with Gasteiger partial charge in [-0.1, -0.05) is 11.6 Å². The van der Waals surface area contributed by atoms with Crippen LogP contribution in [0, 0.1) is 0 Å².